The van der Waals surface area contributed by atoms with E-state index in [1.54, 1.807) is 18.8 Å². The van der Waals surface area contributed by atoms with Gasteiger partial charge in [-0.1, -0.05) is 0 Å². The zero-order valence-electron chi connectivity index (χ0n) is 6.53. The van der Waals surface area contributed by atoms with Gasteiger partial charge in [0, 0.05) is 0 Å². The molecule has 0 amide bonds. The van der Waals surface area contributed by atoms with Crippen LogP contribution in [0, 0.1) is 0 Å². The van der Waals surface area contributed by atoms with E-state index >= 15 is 0 Å². The molecule has 6 heteroatoms. The highest BCUT2D eigenvalue weighted by Gasteiger charge is 1.95. The second kappa shape index (κ2) is 7.12. The second-order valence-electron chi connectivity index (χ2n) is 2.24. The molecule has 0 radical (unpaired) electrons. The molecule has 0 saturated carbocycles. The average molecular weight is 176 g/mol. The predicted molar refractivity (Wildman–Crippen MR) is 39.7 cm³/mol. The molecule has 0 aliphatic rings. The van der Waals surface area contributed by atoms with Crippen LogP contribution < -0.4 is 4.70 Å². The highest BCUT2D eigenvalue weighted by molar-refractivity contribution is 8.00. The molecule has 0 aliphatic carbocycles. The minimum absolute atomic E-state index is 0. The third kappa shape index (κ3) is 16100000. The SMILES string of the molecule is CB(F)F.C[S+](C)(C)=O.[F-]. The molecule has 0 atom stereocenters. The summed E-state index contributed by atoms with van der Waals surface area (Å²) in [5, 5.41) is 0. The summed E-state index contributed by atoms with van der Waals surface area (Å²) in [7, 11) is -3.58. The smallest absolute Gasteiger partial charge is 0.535 e. The van der Waals surface area contributed by atoms with Crippen molar-refractivity contribution >= 4 is 17.2 Å². The lowest BCUT2D eigenvalue weighted by Crippen LogP contribution is -3.00. The average Bonchev–Trinajstić information content (AvgIpc) is 1.19. The molecular weight excluding hydrogens is 164 g/mol. The Kier molecular flexibility index (Phi) is 11.8. The van der Waals surface area contributed by atoms with E-state index in [2.05, 4.69) is 0 Å². The van der Waals surface area contributed by atoms with Gasteiger partial charge >= 0.3 is 7.27 Å². The molecule has 0 N–H and O–H groups in total. The van der Waals surface area contributed by atoms with Crippen LogP contribution in [0.1, 0.15) is 0 Å². The van der Waals surface area contributed by atoms with E-state index in [1.807, 2.05) is 0 Å². The van der Waals surface area contributed by atoms with Crippen molar-refractivity contribution in [3.05, 3.63) is 0 Å². The molecule has 0 bridgehead atoms. The van der Waals surface area contributed by atoms with Crippen molar-refractivity contribution in [3.63, 3.8) is 0 Å². The highest BCUT2D eigenvalue weighted by Crippen LogP contribution is 1.78. The molecule has 1 nitrogen and oxygen atoms in total. The lowest BCUT2D eigenvalue weighted by molar-refractivity contribution is -0.00000531. The first-order chi connectivity index (χ1) is 3.73. The van der Waals surface area contributed by atoms with E-state index < -0.39 is 17.2 Å². The van der Waals surface area contributed by atoms with Crippen molar-refractivity contribution in [2.45, 2.75) is 6.82 Å². The molecule has 64 valence electrons. The van der Waals surface area contributed by atoms with E-state index in [0.717, 1.165) is 6.82 Å². The fourth-order valence-corrected chi connectivity index (χ4v) is 0. The van der Waals surface area contributed by atoms with Crippen LogP contribution >= 0.6 is 0 Å². The van der Waals surface area contributed by atoms with Crippen LogP contribution in [0.15, 0.2) is 0 Å². The van der Waals surface area contributed by atoms with E-state index in [4.69, 9.17) is 0 Å². The van der Waals surface area contributed by atoms with E-state index in [0.29, 0.717) is 0 Å². The lowest BCUT2D eigenvalue weighted by atomic mass is 10.1. The first kappa shape index (κ1) is 16.5. The summed E-state index contributed by atoms with van der Waals surface area (Å²) in [5.74, 6) is 0. The standard InChI is InChI=1S/C3H9OS.CH3BF2.FH/c1-5(2,3)4;1-2(3)4;/h1-3H3;1H3;1H/q+1;;/p-1. The maximum absolute atomic E-state index is 10.3. The van der Waals surface area contributed by atoms with Gasteiger partial charge in [0.2, 0.25) is 0 Å². The Hall–Kier alpha value is 0.00494. The van der Waals surface area contributed by atoms with Gasteiger partial charge in [-0.3, -0.25) is 8.63 Å². The van der Waals surface area contributed by atoms with Crippen LogP contribution in [0.5, 0.6) is 0 Å². The van der Waals surface area contributed by atoms with Gasteiger partial charge < -0.3 is 4.70 Å². The highest BCUT2D eigenvalue weighted by atomic mass is 32.2. The van der Waals surface area contributed by atoms with Crippen molar-refractivity contribution in [1.29, 1.82) is 0 Å². The summed E-state index contributed by atoms with van der Waals surface area (Å²) in [6, 6.07) is 0. The molecule has 0 heterocycles. The van der Waals surface area contributed by atoms with Crippen LogP contribution in [0.2, 0.25) is 6.82 Å². The summed E-state index contributed by atoms with van der Waals surface area (Å²) in [6.45, 7) is 0.833. The molecule has 0 aromatic heterocycles. The third-order valence-electron chi connectivity index (χ3n) is 0. The van der Waals surface area contributed by atoms with Gasteiger partial charge in [0.15, 0.2) is 0 Å². The van der Waals surface area contributed by atoms with Gasteiger partial charge in [0.1, 0.15) is 18.8 Å². The fraction of sp³-hybridized carbons (Fsp3) is 1.00. The molecule has 0 spiro atoms. The molecule has 10 heavy (non-hydrogen) atoms. The van der Waals surface area contributed by atoms with Crippen molar-refractivity contribution in [2.75, 3.05) is 18.8 Å². The van der Waals surface area contributed by atoms with E-state index in [-0.39, 0.29) is 4.70 Å². The zero-order chi connectivity index (χ0) is 8.08. The Morgan fingerprint density at radius 1 is 1.20 bits per heavy atom. The Labute approximate surface area is 61.2 Å². The first-order valence-corrected chi connectivity index (χ1v) is 5.19. The van der Waals surface area contributed by atoms with E-state index in [1.165, 1.54) is 0 Å². The second-order valence-corrected chi connectivity index (χ2v) is 5.69. The van der Waals surface area contributed by atoms with Gasteiger partial charge in [-0.05, 0) is 6.82 Å². The topological polar surface area (TPSA) is 17.1 Å². The lowest BCUT2D eigenvalue weighted by Gasteiger charge is -1.80. The van der Waals surface area contributed by atoms with Crippen molar-refractivity contribution in [1.82, 2.24) is 0 Å². The fourth-order valence-electron chi connectivity index (χ4n) is 0. The van der Waals surface area contributed by atoms with Crippen molar-refractivity contribution in [2.24, 2.45) is 0 Å². The van der Waals surface area contributed by atoms with Crippen LogP contribution in [0.25, 0.3) is 0 Å². The third-order valence-corrected chi connectivity index (χ3v) is 0. The first-order valence-electron chi connectivity index (χ1n) is 2.41. The van der Waals surface area contributed by atoms with Crippen molar-refractivity contribution < 1.29 is 17.5 Å². The molecule has 0 saturated heterocycles. The Bertz CT molecular complexity index is 91.7. The van der Waals surface area contributed by atoms with Crippen LogP contribution in [0.4, 0.5) is 8.63 Å². The molecule has 0 aromatic rings. The Morgan fingerprint density at radius 2 is 1.20 bits per heavy atom. The quantitative estimate of drug-likeness (QED) is 0.321. The summed E-state index contributed by atoms with van der Waals surface area (Å²) < 4.78 is 30.9. The maximum Gasteiger partial charge on any atom is 0.535 e. The zero-order valence-corrected chi connectivity index (χ0v) is 7.34. The monoisotopic (exact) mass is 176 g/mol. The Morgan fingerprint density at radius 3 is 1.20 bits per heavy atom. The van der Waals surface area contributed by atoms with Gasteiger partial charge in [-0.25, -0.2) is 0 Å². The summed E-state index contributed by atoms with van der Waals surface area (Å²) in [4.78, 5) is 0. The maximum atomic E-state index is 10.3. The van der Waals surface area contributed by atoms with Crippen LogP contribution in [0.3, 0.4) is 0 Å². The summed E-state index contributed by atoms with van der Waals surface area (Å²) in [6.07, 6.45) is 5.15. The normalized spacial score (nSPS) is 8.60. The van der Waals surface area contributed by atoms with Gasteiger partial charge in [0.25, 0.3) is 0 Å². The number of rotatable bonds is 0. The largest absolute Gasteiger partial charge is 1.00 e. The predicted octanol–water partition coefficient (Wildman–Crippen LogP) is -1.58. The summed E-state index contributed by atoms with van der Waals surface area (Å²) >= 11 is 0. The minimum atomic E-state index is -2.17. The molecule has 0 fully saturated rings. The summed E-state index contributed by atoms with van der Waals surface area (Å²) in [5.41, 5.74) is 0. The minimum Gasteiger partial charge on any atom is -1.00 e. The van der Waals surface area contributed by atoms with E-state index in [9.17, 15) is 12.8 Å². The van der Waals surface area contributed by atoms with Crippen molar-refractivity contribution in [3.8, 4) is 0 Å². The molecule has 0 aromatic carbocycles. The van der Waals surface area contributed by atoms with Gasteiger partial charge in [-0.2, -0.15) is 0 Å². The van der Waals surface area contributed by atoms with Gasteiger partial charge in [-0.15, -0.1) is 4.21 Å². The van der Waals surface area contributed by atoms with Gasteiger partial charge in [0.05, 0.1) is 9.93 Å². The Balaban J connectivity index is -0.0000000910. The number of hydrogen-bond donors (Lipinski definition) is 0. The molecule has 0 rings (SSSR count). The molecule has 0 unspecified atom stereocenters. The molecular formula is C4H12BF3OS. The molecule has 0 aliphatic heterocycles. The van der Waals surface area contributed by atoms with Crippen LogP contribution in [-0.4, -0.2) is 26.0 Å². The number of halogens is 3. The van der Waals surface area contributed by atoms with Crippen LogP contribution in [-0.2, 0) is 14.1 Å². The number of hydrogen-bond acceptors (Lipinski definition) is 1.